The summed E-state index contributed by atoms with van der Waals surface area (Å²) in [4.78, 5) is 66.3. The van der Waals surface area contributed by atoms with E-state index in [4.69, 9.17) is 28.4 Å². The molecular weight excluding hydrogens is 1140 g/mol. The Morgan fingerprint density at radius 3 is 1.15 bits per heavy atom. The van der Waals surface area contributed by atoms with Gasteiger partial charge >= 0.3 is 17.6 Å². The molecule has 524 valence electrons. The highest BCUT2D eigenvalue weighted by Gasteiger charge is 2.39. The van der Waals surface area contributed by atoms with Crippen LogP contribution >= 0.6 is 0 Å². The Balaban J connectivity index is 1.71. The molecule has 1 saturated heterocycles. The van der Waals surface area contributed by atoms with Crippen molar-refractivity contribution < 1.29 is 42.8 Å². The third kappa shape index (κ3) is 38.7. The molecule has 0 aliphatic carbocycles. The Labute approximate surface area is 555 Å². The molecule has 3 atom stereocenters. The van der Waals surface area contributed by atoms with Crippen LogP contribution in [0.3, 0.4) is 0 Å². The van der Waals surface area contributed by atoms with Crippen LogP contribution in [-0.4, -0.2) is 58.9 Å². The van der Waals surface area contributed by atoms with E-state index in [9.17, 15) is 24.0 Å². The lowest BCUT2D eigenvalue weighted by atomic mass is 10.0. The lowest BCUT2D eigenvalue weighted by molar-refractivity contribution is -0.152. The van der Waals surface area contributed by atoms with Crippen molar-refractivity contribution in [3.8, 4) is 17.2 Å². The fourth-order valence-electron chi connectivity index (χ4n) is 12.7. The molecule has 13 heteroatoms. The summed E-state index contributed by atoms with van der Waals surface area (Å²) < 4.78 is 39.8. The van der Waals surface area contributed by atoms with Gasteiger partial charge in [0, 0.05) is 24.6 Å². The highest BCUT2D eigenvalue weighted by atomic mass is 16.6. The number of hydrogen-bond donors (Lipinski definition) is 0. The monoisotopic (exact) mass is 1280 g/mol. The minimum absolute atomic E-state index is 0.0437. The molecule has 1 aliphatic rings. The summed E-state index contributed by atoms with van der Waals surface area (Å²) in [5.74, 6) is -0.0351. The van der Waals surface area contributed by atoms with Gasteiger partial charge in [0.15, 0.2) is 18.2 Å². The number of rotatable bonds is 63. The van der Waals surface area contributed by atoms with E-state index in [0.717, 1.165) is 62.4 Å². The number of aromatic nitrogens is 2. The van der Waals surface area contributed by atoms with Crippen molar-refractivity contribution in [3.63, 3.8) is 0 Å². The van der Waals surface area contributed by atoms with Gasteiger partial charge in [0.25, 0.3) is 5.56 Å². The zero-order valence-electron chi connectivity index (χ0n) is 59.4. The second-order valence-corrected chi connectivity index (χ2v) is 27.1. The number of nitrogens with zero attached hydrogens (tertiary/aromatic N) is 2. The number of aryl methyl sites for hydroxylation is 1. The van der Waals surface area contributed by atoms with Crippen LogP contribution in [0.1, 0.15) is 391 Å². The lowest BCUT2D eigenvalue weighted by Gasteiger charge is -2.19. The maximum atomic E-state index is 14.3. The molecule has 0 amide bonds. The van der Waals surface area contributed by atoms with Gasteiger partial charge in [-0.3, -0.25) is 14.2 Å². The highest BCUT2D eigenvalue weighted by Crippen LogP contribution is 2.40. The zero-order chi connectivity index (χ0) is 65.6. The second-order valence-electron chi connectivity index (χ2n) is 27.1. The Kier molecular flexibility index (Phi) is 49.2. The van der Waals surface area contributed by atoms with Crippen LogP contribution < -0.4 is 25.5 Å². The number of ether oxygens (including phenoxy) is 6. The number of Topliss-reactive ketones (excluding diaryl/α,β-unsaturated/α-hetero) is 1. The fraction of sp³-hybridized carbons (Fsp3) is 0.833. The number of carbonyl (C=O) groups excluding carboxylic acids is 3. The molecule has 0 radical (unpaired) electrons. The molecule has 1 aromatic carbocycles. The summed E-state index contributed by atoms with van der Waals surface area (Å²) in [6, 6.07) is 3.32. The first-order chi connectivity index (χ1) is 44.5. The molecule has 1 aliphatic heterocycles. The van der Waals surface area contributed by atoms with Gasteiger partial charge in [-0.15, -0.1) is 0 Å². The smallest absolute Gasteiger partial charge is 0.340 e. The zero-order valence-corrected chi connectivity index (χ0v) is 59.4. The topological polar surface area (TPSA) is 151 Å². The van der Waals surface area contributed by atoms with Crippen LogP contribution in [0.25, 0.3) is 0 Å². The van der Waals surface area contributed by atoms with Crippen molar-refractivity contribution in [1.82, 2.24) is 9.13 Å². The van der Waals surface area contributed by atoms with Gasteiger partial charge in [-0.1, -0.05) is 317 Å². The van der Waals surface area contributed by atoms with Gasteiger partial charge in [-0.2, -0.15) is 0 Å². The van der Waals surface area contributed by atoms with Crippen LogP contribution in [0.4, 0.5) is 0 Å². The average Bonchev–Trinajstić information content (AvgIpc) is 1.90. The van der Waals surface area contributed by atoms with Gasteiger partial charge < -0.3 is 33.2 Å². The van der Waals surface area contributed by atoms with Gasteiger partial charge in [-0.25, -0.2) is 14.2 Å². The fourth-order valence-corrected chi connectivity index (χ4v) is 12.7. The van der Waals surface area contributed by atoms with Gasteiger partial charge in [-0.05, 0) is 51.7 Å². The Bertz CT molecular complexity index is 2200. The van der Waals surface area contributed by atoms with Crippen molar-refractivity contribution in [2.45, 2.75) is 401 Å². The van der Waals surface area contributed by atoms with Crippen LogP contribution in [-0.2, 0) is 30.5 Å². The first kappa shape index (κ1) is 81.1. The SMILES string of the molecule is CCCCCCCCCCCCCCCCCCOc1cc(C(=O)OCn2c(=O)c(C)cn([C@H]3CC(OC(=O)CCC(C)=O)[C@@H](CC)O3)c2=O)cc(OCCCCCCCCCCCCCCCCCC)c1OCCCCCCCCCCCCCCCCCC. The van der Waals surface area contributed by atoms with Gasteiger partial charge in [0.2, 0.25) is 5.75 Å². The van der Waals surface area contributed by atoms with E-state index in [2.05, 4.69) is 20.8 Å². The number of benzene rings is 1. The lowest BCUT2D eigenvalue weighted by Crippen LogP contribution is -2.43. The van der Waals surface area contributed by atoms with Crippen molar-refractivity contribution in [2.24, 2.45) is 0 Å². The highest BCUT2D eigenvalue weighted by molar-refractivity contribution is 5.91. The molecular formula is C78H136N2O11. The molecule has 2 heterocycles. The molecule has 13 nitrogen and oxygen atoms in total. The van der Waals surface area contributed by atoms with Gasteiger partial charge in [0.05, 0.1) is 37.9 Å². The van der Waals surface area contributed by atoms with Gasteiger partial charge in [0.1, 0.15) is 18.1 Å². The van der Waals surface area contributed by atoms with Crippen LogP contribution in [0.2, 0.25) is 0 Å². The largest absolute Gasteiger partial charge is 0.490 e. The first-order valence-electron chi connectivity index (χ1n) is 38.4. The van der Waals surface area contributed by atoms with E-state index in [-0.39, 0.29) is 36.2 Å². The Morgan fingerprint density at radius 1 is 0.473 bits per heavy atom. The molecule has 1 aromatic heterocycles. The summed E-state index contributed by atoms with van der Waals surface area (Å²) in [5, 5.41) is 0. The molecule has 3 rings (SSSR count). The van der Waals surface area contributed by atoms with Crippen molar-refractivity contribution in [2.75, 3.05) is 19.8 Å². The predicted molar refractivity (Wildman–Crippen MR) is 375 cm³/mol. The molecule has 0 spiro atoms. The molecule has 0 N–H and O–H groups in total. The van der Waals surface area contributed by atoms with Crippen LogP contribution in [0.15, 0.2) is 27.9 Å². The predicted octanol–water partition coefficient (Wildman–Crippen LogP) is 22.0. The number of esters is 2. The molecule has 0 saturated carbocycles. The average molecular weight is 1280 g/mol. The normalized spacial score (nSPS) is 14.7. The number of unbranched alkanes of at least 4 members (excludes halogenated alkanes) is 45. The van der Waals surface area contributed by atoms with E-state index in [1.165, 1.54) is 268 Å². The van der Waals surface area contributed by atoms with E-state index < -0.39 is 48.4 Å². The minimum atomic E-state index is -0.848. The van der Waals surface area contributed by atoms with E-state index >= 15 is 0 Å². The number of ketones is 1. The summed E-state index contributed by atoms with van der Waals surface area (Å²) in [7, 11) is 0. The Hall–Kier alpha value is -4.13. The summed E-state index contributed by atoms with van der Waals surface area (Å²) in [6.07, 6.45) is 61.7. The van der Waals surface area contributed by atoms with Crippen molar-refractivity contribution in [3.05, 3.63) is 50.3 Å². The van der Waals surface area contributed by atoms with Crippen molar-refractivity contribution in [1.29, 1.82) is 0 Å². The van der Waals surface area contributed by atoms with E-state index in [0.29, 0.717) is 43.5 Å². The molecule has 91 heavy (non-hydrogen) atoms. The molecule has 1 unspecified atom stereocenters. The first-order valence-corrected chi connectivity index (χ1v) is 38.4. The van der Waals surface area contributed by atoms with E-state index in [1.807, 2.05) is 6.92 Å². The van der Waals surface area contributed by atoms with Crippen molar-refractivity contribution >= 4 is 17.7 Å². The van der Waals surface area contributed by atoms with Crippen LogP contribution in [0, 0.1) is 6.92 Å². The minimum Gasteiger partial charge on any atom is -0.490 e. The van der Waals surface area contributed by atoms with Crippen LogP contribution in [0.5, 0.6) is 17.2 Å². The molecule has 0 bridgehead atoms. The number of carbonyl (C=O) groups is 3. The van der Waals surface area contributed by atoms with E-state index in [1.54, 1.807) is 19.1 Å². The summed E-state index contributed by atoms with van der Waals surface area (Å²) in [5.41, 5.74) is -0.918. The summed E-state index contributed by atoms with van der Waals surface area (Å²) in [6.45, 7) is 12.5. The standard InChI is InChI=1S/C78H136N2O11/c1-7-11-14-17-20-23-26-29-32-35-38-41-44-47-50-53-58-86-71-61-68(77(84)89-65-80-76(83)66(5)64-79(78(80)85)73-63-70(69(10-4)90-73)91-74(82)57-56-67(6)81)62-72(87-59-54-51-48-45-42-39-36-33-30-27-24-21-18-15-12-8-2)75(71)88-60-55-52-49-46-43-40-37-34-31-28-25-22-19-16-13-9-3/h61-62,64,69-70,73H,7-60,63,65H2,1-6H3/t69-,70?,73-/m1/s1. The third-order valence-corrected chi connectivity index (χ3v) is 18.6. The molecule has 2 aromatic rings. The summed E-state index contributed by atoms with van der Waals surface area (Å²) >= 11 is 0. The maximum absolute atomic E-state index is 14.3. The maximum Gasteiger partial charge on any atom is 0.340 e. The Morgan fingerprint density at radius 2 is 0.813 bits per heavy atom. The number of hydrogen-bond acceptors (Lipinski definition) is 11. The third-order valence-electron chi connectivity index (χ3n) is 18.6. The second kappa shape index (κ2) is 55.2. The molecule has 1 fully saturated rings. The quantitative estimate of drug-likeness (QED) is 0.0460.